The minimum absolute atomic E-state index is 0.101. The van der Waals surface area contributed by atoms with Crippen LogP contribution in [0.15, 0.2) is 24.3 Å². The van der Waals surface area contributed by atoms with Crippen LogP contribution in [0.25, 0.3) is 0 Å². The second kappa shape index (κ2) is 6.98. The van der Waals surface area contributed by atoms with Crippen molar-refractivity contribution in [3.05, 3.63) is 40.4 Å². The summed E-state index contributed by atoms with van der Waals surface area (Å²) < 4.78 is 9.73. The van der Waals surface area contributed by atoms with Crippen molar-refractivity contribution >= 4 is 11.5 Å². The molecule has 6 heteroatoms. The van der Waals surface area contributed by atoms with Crippen LogP contribution in [0, 0.1) is 0 Å². The molecule has 0 aliphatic carbocycles. The highest BCUT2D eigenvalue weighted by Gasteiger charge is 2.21. The van der Waals surface area contributed by atoms with Crippen LogP contribution in [0.3, 0.4) is 0 Å². The van der Waals surface area contributed by atoms with Crippen molar-refractivity contribution in [1.82, 2.24) is 15.0 Å². The number of nitrogens with one attached hydrogen (secondary N) is 1. The molecule has 0 saturated carbocycles. The molecule has 114 valence electrons. The van der Waals surface area contributed by atoms with Gasteiger partial charge in [0.25, 0.3) is 0 Å². The van der Waals surface area contributed by atoms with Gasteiger partial charge in [-0.05, 0) is 49.0 Å². The van der Waals surface area contributed by atoms with Gasteiger partial charge < -0.3 is 4.74 Å². The third kappa shape index (κ3) is 3.78. The number of hydrogen-bond acceptors (Lipinski definition) is 6. The lowest BCUT2D eigenvalue weighted by atomic mass is 10.0. The standard InChI is InChI=1S/C15H22N4OS/c1-9(2)13-15(21-19-18-13)14(17-16)11-5-7-12(8-6-11)20-10(3)4/h5-10,14,17H,16H2,1-4H3. The van der Waals surface area contributed by atoms with Gasteiger partial charge in [-0.15, -0.1) is 5.10 Å². The molecule has 0 amide bonds. The van der Waals surface area contributed by atoms with Crippen LogP contribution in [-0.2, 0) is 0 Å². The SMILES string of the molecule is CC(C)Oc1ccc(C(NN)c2snnc2C(C)C)cc1. The Bertz CT molecular complexity index is 565. The zero-order valence-electron chi connectivity index (χ0n) is 12.8. The molecule has 1 aromatic carbocycles. The topological polar surface area (TPSA) is 73.1 Å². The van der Waals surface area contributed by atoms with Crippen LogP contribution in [0.4, 0.5) is 0 Å². The molecule has 0 saturated heterocycles. The molecular formula is C15H22N4OS. The Balaban J connectivity index is 2.27. The summed E-state index contributed by atoms with van der Waals surface area (Å²) in [5, 5.41) is 4.22. The first-order chi connectivity index (χ1) is 10.0. The molecule has 2 aromatic rings. The number of benzene rings is 1. The largest absolute Gasteiger partial charge is 0.491 e. The molecule has 3 N–H and O–H groups in total. The van der Waals surface area contributed by atoms with E-state index in [0.29, 0.717) is 5.92 Å². The lowest BCUT2D eigenvalue weighted by molar-refractivity contribution is 0.242. The van der Waals surface area contributed by atoms with E-state index in [-0.39, 0.29) is 12.1 Å². The number of rotatable bonds is 6. The molecule has 5 nitrogen and oxygen atoms in total. The van der Waals surface area contributed by atoms with Crippen molar-refractivity contribution in [3.8, 4) is 5.75 Å². The number of hydrogen-bond donors (Lipinski definition) is 2. The van der Waals surface area contributed by atoms with E-state index >= 15 is 0 Å². The fourth-order valence-corrected chi connectivity index (χ4v) is 3.04. The first-order valence-corrected chi connectivity index (χ1v) is 7.85. The predicted molar refractivity (Wildman–Crippen MR) is 85.4 cm³/mol. The highest BCUT2D eigenvalue weighted by atomic mass is 32.1. The number of ether oxygens (including phenoxy) is 1. The molecule has 0 aliphatic heterocycles. The van der Waals surface area contributed by atoms with Crippen molar-refractivity contribution in [1.29, 1.82) is 0 Å². The van der Waals surface area contributed by atoms with E-state index in [1.807, 2.05) is 38.1 Å². The van der Waals surface area contributed by atoms with Crippen LogP contribution >= 0.6 is 11.5 Å². The van der Waals surface area contributed by atoms with Crippen LogP contribution in [0.2, 0.25) is 0 Å². The van der Waals surface area contributed by atoms with E-state index in [1.165, 1.54) is 11.5 Å². The summed E-state index contributed by atoms with van der Waals surface area (Å²) in [6.07, 6.45) is 0.164. The molecule has 1 unspecified atom stereocenters. The average Bonchev–Trinajstić information content (AvgIpc) is 2.90. The quantitative estimate of drug-likeness (QED) is 0.634. The zero-order valence-corrected chi connectivity index (χ0v) is 13.6. The van der Waals surface area contributed by atoms with Crippen LogP contribution in [0.5, 0.6) is 5.75 Å². The minimum atomic E-state index is -0.101. The molecule has 1 atom stereocenters. The van der Waals surface area contributed by atoms with Crippen LogP contribution in [-0.4, -0.2) is 15.7 Å². The van der Waals surface area contributed by atoms with Crippen LogP contribution in [0.1, 0.15) is 55.8 Å². The fraction of sp³-hybridized carbons (Fsp3) is 0.467. The van der Waals surface area contributed by atoms with Gasteiger partial charge in [-0.25, -0.2) is 5.43 Å². The highest BCUT2D eigenvalue weighted by Crippen LogP contribution is 2.31. The second-order valence-corrected chi connectivity index (χ2v) is 6.30. The van der Waals surface area contributed by atoms with E-state index in [4.69, 9.17) is 10.6 Å². The van der Waals surface area contributed by atoms with Gasteiger partial charge in [-0.2, -0.15) is 0 Å². The van der Waals surface area contributed by atoms with Gasteiger partial charge in [-0.3, -0.25) is 5.84 Å². The summed E-state index contributed by atoms with van der Waals surface area (Å²) in [6, 6.07) is 7.86. The third-order valence-corrected chi connectivity index (χ3v) is 3.91. The Kier molecular flexibility index (Phi) is 5.27. The van der Waals surface area contributed by atoms with Gasteiger partial charge in [-0.1, -0.05) is 30.5 Å². The summed E-state index contributed by atoms with van der Waals surface area (Å²) in [4.78, 5) is 1.06. The minimum Gasteiger partial charge on any atom is -0.491 e. The van der Waals surface area contributed by atoms with Gasteiger partial charge in [0.1, 0.15) is 5.75 Å². The van der Waals surface area contributed by atoms with E-state index in [9.17, 15) is 0 Å². The summed E-state index contributed by atoms with van der Waals surface area (Å²) in [6.45, 7) is 8.23. The molecule has 21 heavy (non-hydrogen) atoms. The van der Waals surface area contributed by atoms with Gasteiger partial charge in [0, 0.05) is 0 Å². The van der Waals surface area contributed by atoms with Crippen molar-refractivity contribution in [2.24, 2.45) is 5.84 Å². The summed E-state index contributed by atoms with van der Waals surface area (Å²) >= 11 is 1.39. The summed E-state index contributed by atoms with van der Waals surface area (Å²) in [5.74, 6) is 6.93. The molecule has 2 rings (SSSR count). The van der Waals surface area contributed by atoms with Gasteiger partial charge >= 0.3 is 0 Å². The normalized spacial score (nSPS) is 12.9. The first-order valence-electron chi connectivity index (χ1n) is 7.07. The van der Waals surface area contributed by atoms with E-state index in [0.717, 1.165) is 21.9 Å². The second-order valence-electron chi connectivity index (χ2n) is 5.51. The Hall–Kier alpha value is -1.50. The molecular weight excluding hydrogens is 284 g/mol. The lowest BCUT2D eigenvalue weighted by Crippen LogP contribution is -2.29. The van der Waals surface area contributed by atoms with Gasteiger partial charge in [0.15, 0.2) is 0 Å². The Morgan fingerprint density at radius 3 is 2.33 bits per heavy atom. The molecule has 0 fully saturated rings. The van der Waals surface area contributed by atoms with Crippen molar-refractivity contribution in [3.63, 3.8) is 0 Å². The summed E-state index contributed by atoms with van der Waals surface area (Å²) in [5.41, 5.74) is 4.93. The molecule has 0 spiro atoms. The molecule has 0 aliphatic rings. The Morgan fingerprint density at radius 1 is 1.14 bits per heavy atom. The van der Waals surface area contributed by atoms with Crippen molar-refractivity contribution < 1.29 is 4.74 Å². The molecule has 1 aromatic heterocycles. The van der Waals surface area contributed by atoms with Crippen molar-refractivity contribution in [2.45, 2.75) is 45.8 Å². The molecule has 0 radical (unpaired) electrons. The Labute approximate surface area is 129 Å². The lowest BCUT2D eigenvalue weighted by Gasteiger charge is -2.17. The number of nitrogens with zero attached hydrogens (tertiary/aromatic N) is 2. The fourth-order valence-electron chi connectivity index (χ4n) is 2.14. The van der Waals surface area contributed by atoms with E-state index in [2.05, 4.69) is 28.9 Å². The zero-order chi connectivity index (χ0) is 15.4. The maximum absolute atomic E-state index is 5.75. The monoisotopic (exact) mass is 306 g/mol. The molecule has 1 heterocycles. The number of aromatic nitrogens is 2. The first kappa shape index (κ1) is 15.9. The third-order valence-electron chi connectivity index (χ3n) is 3.10. The average molecular weight is 306 g/mol. The summed E-state index contributed by atoms with van der Waals surface area (Å²) in [7, 11) is 0. The highest BCUT2D eigenvalue weighted by molar-refractivity contribution is 7.05. The van der Waals surface area contributed by atoms with E-state index < -0.39 is 0 Å². The van der Waals surface area contributed by atoms with Crippen molar-refractivity contribution in [2.75, 3.05) is 0 Å². The predicted octanol–water partition coefficient (Wildman–Crippen LogP) is 3.00. The van der Waals surface area contributed by atoms with Gasteiger partial charge in [0.2, 0.25) is 0 Å². The van der Waals surface area contributed by atoms with E-state index in [1.54, 1.807) is 0 Å². The van der Waals surface area contributed by atoms with Gasteiger partial charge in [0.05, 0.1) is 22.7 Å². The maximum atomic E-state index is 5.75. The molecule has 0 bridgehead atoms. The Morgan fingerprint density at radius 2 is 1.81 bits per heavy atom. The number of hydrazine groups is 1. The maximum Gasteiger partial charge on any atom is 0.119 e. The number of nitrogens with two attached hydrogens (primary N) is 1. The smallest absolute Gasteiger partial charge is 0.119 e. The van der Waals surface area contributed by atoms with Crippen LogP contribution < -0.4 is 16.0 Å².